The molecule has 0 aliphatic carbocycles. The number of rotatable bonds is 2. The van der Waals surface area contributed by atoms with Gasteiger partial charge in [-0.3, -0.25) is 14.5 Å². The van der Waals surface area contributed by atoms with Gasteiger partial charge >= 0.3 is 0 Å². The van der Waals surface area contributed by atoms with Gasteiger partial charge in [0.2, 0.25) is 11.8 Å². The van der Waals surface area contributed by atoms with Crippen molar-refractivity contribution < 1.29 is 9.59 Å². The van der Waals surface area contributed by atoms with Gasteiger partial charge in [-0.2, -0.15) is 0 Å². The Morgan fingerprint density at radius 2 is 1.79 bits per heavy atom. The summed E-state index contributed by atoms with van der Waals surface area (Å²) in [6, 6.07) is 5.99. The molecule has 0 aromatic heterocycles. The molecule has 1 saturated heterocycles. The zero-order valence-electron chi connectivity index (χ0n) is 11.2. The average molecular weight is 281 g/mol. The van der Waals surface area contributed by atoms with Crippen LogP contribution in [0.4, 0.5) is 5.69 Å². The van der Waals surface area contributed by atoms with E-state index < -0.39 is 12.1 Å². The molecule has 0 saturated carbocycles. The Labute approximate surface area is 117 Å². The monoisotopic (exact) mass is 280 g/mol. The minimum atomic E-state index is -0.502. The molecule has 0 radical (unpaired) electrons. The average Bonchev–Trinajstić information content (AvgIpc) is 2.34. The molecule has 1 aliphatic rings. The number of halogens is 1. The third-order valence-electron chi connectivity index (χ3n) is 3.25. The Bertz CT molecular complexity index is 499. The lowest BCUT2D eigenvalue weighted by molar-refractivity contribution is -0.134. The highest BCUT2D eigenvalue weighted by Gasteiger charge is 2.40. The highest BCUT2D eigenvalue weighted by Crippen LogP contribution is 2.26. The van der Waals surface area contributed by atoms with Gasteiger partial charge in [0.25, 0.3) is 0 Å². The van der Waals surface area contributed by atoms with Crippen molar-refractivity contribution in [2.24, 2.45) is 5.92 Å². The summed E-state index contributed by atoms with van der Waals surface area (Å²) in [5, 5.41) is 3.32. The van der Waals surface area contributed by atoms with Gasteiger partial charge in [-0.25, -0.2) is 0 Å². The number of nitrogens with zero attached hydrogens (tertiary/aromatic N) is 1. The molecule has 1 aromatic rings. The molecule has 1 aliphatic heterocycles. The van der Waals surface area contributed by atoms with Crippen LogP contribution in [0, 0.1) is 5.92 Å². The maximum absolute atomic E-state index is 12.3. The zero-order valence-corrected chi connectivity index (χ0v) is 11.9. The lowest BCUT2D eigenvalue weighted by atomic mass is 9.96. The maximum Gasteiger partial charge on any atom is 0.250 e. The van der Waals surface area contributed by atoms with Crippen LogP contribution in [0.5, 0.6) is 0 Å². The van der Waals surface area contributed by atoms with Gasteiger partial charge < -0.3 is 5.32 Å². The van der Waals surface area contributed by atoms with E-state index in [1.165, 1.54) is 0 Å². The number of nitrogens with one attached hydrogen (secondary N) is 1. The van der Waals surface area contributed by atoms with E-state index in [0.717, 1.165) is 0 Å². The molecule has 2 atom stereocenters. The first-order valence-corrected chi connectivity index (χ1v) is 6.68. The maximum atomic E-state index is 12.3. The molecule has 1 fully saturated rings. The number of carbonyl (C=O) groups is 2. The highest BCUT2D eigenvalue weighted by atomic mass is 35.5. The van der Waals surface area contributed by atoms with Crippen molar-refractivity contribution >= 4 is 29.1 Å². The number of hydrogen-bond donors (Lipinski definition) is 1. The van der Waals surface area contributed by atoms with Crippen LogP contribution in [0.25, 0.3) is 0 Å². The van der Waals surface area contributed by atoms with Gasteiger partial charge in [0.05, 0.1) is 0 Å². The van der Waals surface area contributed by atoms with Crippen molar-refractivity contribution in [3.05, 3.63) is 29.3 Å². The van der Waals surface area contributed by atoms with E-state index >= 15 is 0 Å². The summed E-state index contributed by atoms with van der Waals surface area (Å²) in [5.41, 5.74) is 0.704. The number of carbonyl (C=O) groups excluding carboxylic acids is 2. The minimum absolute atomic E-state index is 0.0344. The Balaban J connectivity index is 2.44. The summed E-state index contributed by atoms with van der Waals surface area (Å²) in [6.45, 7) is 5.55. The van der Waals surface area contributed by atoms with Crippen molar-refractivity contribution in [1.82, 2.24) is 5.32 Å². The summed E-state index contributed by atoms with van der Waals surface area (Å²) >= 11 is 5.86. The largest absolute Gasteiger partial charge is 0.343 e. The van der Waals surface area contributed by atoms with E-state index in [1.807, 2.05) is 13.8 Å². The number of piperazine rings is 1. The Kier molecular flexibility index (Phi) is 3.80. The van der Waals surface area contributed by atoms with E-state index in [4.69, 9.17) is 11.6 Å². The summed E-state index contributed by atoms with van der Waals surface area (Å²) in [5.74, 6) is -0.176. The Morgan fingerprint density at radius 3 is 2.32 bits per heavy atom. The molecule has 2 rings (SSSR count). The quantitative estimate of drug-likeness (QED) is 0.903. The lowest BCUT2D eigenvalue weighted by Gasteiger charge is -2.39. The zero-order chi connectivity index (χ0) is 14.2. The predicted molar refractivity (Wildman–Crippen MR) is 75.2 cm³/mol. The molecule has 0 bridgehead atoms. The summed E-state index contributed by atoms with van der Waals surface area (Å²) in [6.07, 6.45) is 0. The smallest absolute Gasteiger partial charge is 0.250 e. The first-order chi connectivity index (χ1) is 8.91. The van der Waals surface area contributed by atoms with Crippen molar-refractivity contribution in [2.75, 3.05) is 4.90 Å². The number of anilines is 1. The summed E-state index contributed by atoms with van der Waals surface area (Å²) in [4.78, 5) is 26.0. The van der Waals surface area contributed by atoms with Gasteiger partial charge in [0.1, 0.15) is 12.1 Å². The third-order valence-corrected chi connectivity index (χ3v) is 3.50. The third kappa shape index (κ3) is 2.59. The van der Waals surface area contributed by atoms with Crippen molar-refractivity contribution in [3.8, 4) is 0 Å². The molecule has 1 N–H and O–H groups in total. The molecule has 1 heterocycles. The minimum Gasteiger partial charge on any atom is -0.343 e. The standard InChI is InChI=1S/C14H17ClN2O2/c1-8(2)12-13(18)16-9(3)14(19)17(12)11-6-4-10(15)5-7-11/h4-9,12H,1-3H3,(H,16,18). The first-order valence-electron chi connectivity index (χ1n) is 6.31. The fourth-order valence-corrected chi connectivity index (χ4v) is 2.44. The molecule has 19 heavy (non-hydrogen) atoms. The molecule has 0 spiro atoms. The molecular weight excluding hydrogens is 264 g/mol. The van der Waals surface area contributed by atoms with Crippen LogP contribution in [0.3, 0.4) is 0 Å². The molecular formula is C14H17ClN2O2. The van der Waals surface area contributed by atoms with Crippen LogP contribution in [-0.2, 0) is 9.59 Å². The van der Waals surface area contributed by atoms with Crippen LogP contribution in [0.1, 0.15) is 20.8 Å². The molecule has 2 amide bonds. The van der Waals surface area contributed by atoms with E-state index in [0.29, 0.717) is 10.7 Å². The fourth-order valence-electron chi connectivity index (χ4n) is 2.31. The van der Waals surface area contributed by atoms with Gasteiger partial charge in [-0.15, -0.1) is 0 Å². The van der Waals surface area contributed by atoms with Crippen molar-refractivity contribution in [1.29, 1.82) is 0 Å². The fraction of sp³-hybridized carbons (Fsp3) is 0.429. The summed E-state index contributed by atoms with van der Waals surface area (Å²) in [7, 11) is 0. The molecule has 102 valence electrons. The second-order valence-corrected chi connectivity index (χ2v) is 5.54. The lowest BCUT2D eigenvalue weighted by Crippen LogP contribution is -2.64. The molecule has 5 heteroatoms. The van der Waals surface area contributed by atoms with Crippen LogP contribution < -0.4 is 10.2 Å². The second kappa shape index (κ2) is 5.21. The Hall–Kier alpha value is -1.55. The van der Waals surface area contributed by atoms with Gasteiger partial charge in [0.15, 0.2) is 0 Å². The normalized spacial score (nSPS) is 23.7. The van der Waals surface area contributed by atoms with E-state index in [-0.39, 0.29) is 17.7 Å². The number of benzene rings is 1. The van der Waals surface area contributed by atoms with Crippen LogP contribution in [-0.4, -0.2) is 23.9 Å². The van der Waals surface area contributed by atoms with Gasteiger partial charge in [0, 0.05) is 10.7 Å². The summed E-state index contributed by atoms with van der Waals surface area (Å²) < 4.78 is 0. The van der Waals surface area contributed by atoms with Crippen molar-refractivity contribution in [3.63, 3.8) is 0 Å². The predicted octanol–water partition coefficient (Wildman–Crippen LogP) is 2.22. The molecule has 4 nitrogen and oxygen atoms in total. The highest BCUT2D eigenvalue weighted by molar-refractivity contribution is 6.30. The van der Waals surface area contributed by atoms with Gasteiger partial charge in [-0.05, 0) is 37.1 Å². The first kappa shape index (κ1) is 13.9. The van der Waals surface area contributed by atoms with Crippen LogP contribution >= 0.6 is 11.6 Å². The Morgan fingerprint density at radius 1 is 1.21 bits per heavy atom. The van der Waals surface area contributed by atoms with Gasteiger partial charge in [-0.1, -0.05) is 25.4 Å². The van der Waals surface area contributed by atoms with Crippen LogP contribution in [0.15, 0.2) is 24.3 Å². The van der Waals surface area contributed by atoms with Crippen molar-refractivity contribution in [2.45, 2.75) is 32.9 Å². The van der Waals surface area contributed by atoms with E-state index in [1.54, 1.807) is 36.1 Å². The van der Waals surface area contributed by atoms with E-state index in [2.05, 4.69) is 5.32 Å². The number of amides is 2. The second-order valence-electron chi connectivity index (χ2n) is 5.10. The SMILES string of the molecule is CC1NC(=O)C(C(C)C)N(c2ccc(Cl)cc2)C1=O. The molecule has 1 aromatic carbocycles. The molecule has 2 unspecified atom stereocenters. The van der Waals surface area contributed by atoms with Crippen LogP contribution in [0.2, 0.25) is 5.02 Å². The number of hydrogen-bond acceptors (Lipinski definition) is 2. The topological polar surface area (TPSA) is 49.4 Å². The van der Waals surface area contributed by atoms with E-state index in [9.17, 15) is 9.59 Å².